The lowest BCUT2D eigenvalue weighted by Crippen LogP contribution is -2.38. The zero-order valence-corrected chi connectivity index (χ0v) is 22.5. The Kier molecular flexibility index (Phi) is 9.48. The Bertz CT molecular complexity index is 1090. The summed E-state index contributed by atoms with van der Waals surface area (Å²) in [5, 5.41) is 14.7. The van der Waals surface area contributed by atoms with Gasteiger partial charge in [0.2, 0.25) is 0 Å². The normalized spacial score (nSPS) is 24.1. The van der Waals surface area contributed by atoms with E-state index in [-0.39, 0.29) is 42.1 Å². The molecule has 4 unspecified atom stereocenters. The first kappa shape index (κ1) is 28.4. The molecule has 9 heteroatoms. The highest BCUT2D eigenvalue weighted by molar-refractivity contribution is 6.00. The number of nitro groups is 1. The molecule has 1 aliphatic carbocycles. The number of rotatable bonds is 9. The van der Waals surface area contributed by atoms with Crippen molar-refractivity contribution in [2.75, 3.05) is 20.3 Å². The summed E-state index contributed by atoms with van der Waals surface area (Å²) >= 11 is 0. The molecule has 0 amide bonds. The second-order valence-corrected chi connectivity index (χ2v) is 10.4. The molecule has 1 heterocycles. The molecule has 1 aromatic rings. The lowest BCUT2D eigenvalue weighted by molar-refractivity contribution is -0.384. The van der Waals surface area contributed by atoms with Gasteiger partial charge in [0.25, 0.3) is 5.69 Å². The van der Waals surface area contributed by atoms with E-state index in [4.69, 9.17) is 14.2 Å². The number of dihydropyridines is 1. The van der Waals surface area contributed by atoms with Gasteiger partial charge in [0.1, 0.15) is 12.7 Å². The fraction of sp³-hybridized carbons (Fsp3) is 0.571. The molecule has 1 N–H and O–H groups in total. The van der Waals surface area contributed by atoms with Crippen LogP contribution in [0, 0.1) is 27.9 Å². The maximum Gasteiger partial charge on any atom is 0.337 e. The first-order valence-electron chi connectivity index (χ1n) is 12.8. The molecule has 1 saturated carbocycles. The average Bonchev–Trinajstić information content (AvgIpc) is 2.83. The summed E-state index contributed by atoms with van der Waals surface area (Å²) in [5.74, 6) is -1.00. The van der Waals surface area contributed by atoms with Crippen molar-refractivity contribution >= 4 is 17.6 Å². The molecular weight excluding hydrogens is 476 g/mol. The molecule has 4 atom stereocenters. The van der Waals surface area contributed by atoms with Crippen molar-refractivity contribution in [3.63, 3.8) is 0 Å². The molecule has 2 aliphatic rings. The van der Waals surface area contributed by atoms with Gasteiger partial charge in [-0.05, 0) is 50.0 Å². The topological polar surface area (TPSA) is 117 Å². The molecule has 1 aromatic carbocycles. The van der Waals surface area contributed by atoms with E-state index in [2.05, 4.69) is 26.1 Å². The molecule has 202 valence electrons. The van der Waals surface area contributed by atoms with Crippen LogP contribution in [0.25, 0.3) is 0 Å². The minimum Gasteiger partial charge on any atom is -0.460 e. The average molecular weight is 515 g/mol. The number of esters is 2. The third kappa shape index (κ3) is 6.57. The van der Waals surface area contributed by atoms with Crippen molar-refractivity contribution in [2.45, 2.75) is 65.9 Å². The standard InChI is InChI=1S/C28H38N2O7/c1-16(2)22-11-10-17(3)14-23(22)37-28(32)25-19(5)29-18(4)24(27(31)36-13-12-35-6)26(25)20-8-7-9-21(15-20)30(33)34/h7-9,15-17,22-23,26,29H,10-14H2,1-6H3. The highest BCUT2D eigenvalue weighted by atomic mass is 16.6. The number of ether oxygens (including phenoxy) is 3. The Labute approximate surface area is 218 Å². The van der Waals surface area contributed by atoms with Gasteiger partial charge in [0.05, 0.1) is 28.6 Å². The number of allylic oxidation sites excluding steroid dienone is 2. The van der Waals surface area contributed by atoms with E-state index in [9.17, 15) is 19.7 Å². The van der Waals surface area contributed by atoms with Crippen LogP contribution in [0.4, 0.5) is 5.69 Å². The third-order valence-corrected chi connectivity index (χ3v) is 7.35. The van der Waals surface area contributed by atoms with Gasteiger partial charge in [0, 0.05) is 30.6 Å². The molecule has 9 nitrogen and oxygen atoms in total. The number of hydrogen-bond donors (Lipinski definition) is 1. The Morgan fingerprint density at radius 3 is 2.41 bits per heavy atom. The van der Waals surface area contributed by atoms with Crippen LogP contribution in [0.15, 0.2) is 46.8 Å². The van der Waals surface area contributed by atoms with Gasteiger partial charge in [-0.1, -0.05) is 39.3 Å². The summed E-state index contributed by atoms with van der Waals surface area (Å²) in [6.45, 7) is 10.2. The van der Waals surface area contributed by atoms with Crippen LogP contribution in [0.3, 0.4) is 0 Å². The van der Waals surface area contributed by atoms with Gasteiger partial charge in [-0.2, -0.15) is 0 Å². The lowest BCUT2D eigenvalue weighted by Gasteiger charge is -2.38. The second kappa shape index (κ2) is 12.4. The highest BCUT2D eigenvalue weighted by Gasteiger charge is 2.41. The monoisotopic (exact) mass is 514 g/mol. The van der Waals surface area contributed by atoms with Gasteiger partial charge in [0.15, 0.2) is 0 Å². The van der Waals surface area contributed by atoms with Crippen molar-refractivity contribution in [2.24, 2.45) is 17.8 Å². The van der Waals surface area contributed by atoms with Crippen molar-refractivity contribution in [3.05, 3.63) is 62.5 Å². The van der Waals surface area contributed by atoms with Crippen molar-refractivity contribution in [3.8, 4) is 0 Å². The van der Waals surface area contributed by atoms with Crippen LogP contribution in [-0.2, 0) is 23.8 Å². The number of non-ortho nitro benzene ring substituents is 1. The van der Waals surface area contributed by atoms with Crippen molar-refractivity contribution in [1.29, 1.82) is 0 Å². The highest BCUT2D eigenvalue weighted by Crippen LogP contribution is 2.42. The minimum absolute atomic E-state index is 0.0340. The van der Waals surface area contributed by atoms with Gasteiger partial charge < -0.3 is 19.5 Å². The molecule has 1 aliphatic heterocycles. The van der Waals surface area contributed by atoms with Crippen molar-refractivity contribution in [1.82, 2.24) is 5.32 Å². The van der Waals surface area contributed by atoms with Crippen LogP contribution in [0.2, 0.25) is 0 Å². The number of hydrogen-bond acceptors (Lipinski definition) is 8. The molecule has 0 spiro atoms. The van der Waals surface area contributed by atoms with E-state index in [1.165, 1.54) is 19.2 Å². The summed E-state index contributed by atoms with van der Waals surface area (Å²) in [5.41, 5.74) is 1.83. The summed E-state index contributed by atoms with van der Waals surface area (Å²) in [4.78, 5) is 38.1. The molecule has 0 saturated heterocycles. The Hall–Kier alpha value is -3.20. The first-order valence-corrected chi connectivity index (χ1v) is 12.8. The van der Waals surface area contributed by atoms with E-state index in [0.717, 1.165) is 19.3 Å². The van der Waals surface area contributed by atoms with Crippen LogP contribution < -0.4 is 5.32 Å². The number of nitro benzene ring substituents is 1. The number of carbonyl (C=O) groups is 2. The quantitative estimate of drug-likeness (QED) is 0.211. The summed E-state index contributed by atoms with van der Waals surface area (Å²) in [6, 6.07) is 6.00. The van der Waals surface area contributed by atoms with Gasteiger partial charge in [-0.15, -0.1) is 0 Å². The maximum atomic E-state index is 13.8. The van der Waals surface area contributed by atoms with E-state index in [1.807, 2.05) is 0 Å². The Morgan fingerprint density at radius 2 is 1.78 bits per heavy atom. The number of methoxy groups -OCH3 is 1. The van der Waals surface area contributed by atoms with Crippen LogP contribution in [-0.4, -0.2) is 43.3 Å². The zero-order chi connectivity index (χ0) is 27.3. The number of carbonyl (C=O) groups excluding carboxylic acids is 2. The molecule has 0 radical (unpaired) electrons. The molecule has 0 bridgehead atoms. The van der Waals surface area contributed by atoms with Gasteiger partial charge in [-0.3, -0.25) is 10.1 Å². The zero-order valence-electron chi connectivity index (χ0n) is 22.5. The van der Waals surface area contributed by atoms with Gasteiger partial charge >= 0.3 is 11.9 Å². The second-order valence-electron chi connectivity index (χ2n) is 10.4. The fourth-order valence-corrected chi connectivity index (χ4v) is 5.43. The Morgan fingerprint density at radius 1 is 1.11 bits per heavy atom. The number of nitrogens with one attached hydrogen (secondary N) is 1. The predicted molar refractivity (Wildman–Crippen MR) is 138 cm³/mol. The largest absolute Gasteiger partial charge is 0.460 e. The SMILES string of the molecule is COCCOC(=O)C1=C(C)NC(C)=C(C(=O)OC2CC(C)CCC2C(C)C)C1c1cccc([N+](=O)[O-])c1. The lowest BCUT2D eigenvalue weighted by atomic mass is 9.75. The molecule has 3 rings (SSSR count). The van der Waals surface area contributed by atoms with E-state index >= 15 is 0 Å². The molecular formula is C28H38N2O7. The van der Waals surface area contributed by atoms with E-state index in [1.54, 1.807) is 26.0 Å². The molecule has 37 heavy (non-hydrogen) atoms. The summed E-state index contributed by atoms with van der Waals surface area (Å²) < 4.78 is 16.6. The van der Waals surface area contributed by atoms with Crippen LogP contribution in [0.1, 0.15) is 65.4 Å². The smallest absolute Gasteiger partial charge is 0.337 e. The van der Waals surface area contributed by atoms with Crippen LogP contribution in [0.5, 0.6) is 0 Å². The summed E-state index contributed by atoms with van der Waals surface area (Å²) in [7, 11) is 1.50. The molecule has 1 fully saturated rings. The maximum absolute atomic E-state index is 13.8. The molecule has 0 aromatic heterocycles. The fourth-order valence-electron chi connectivity index (χ4n) is 5.43. The minimum atomic E-state index is -0.887. The predicted octanol–water partition coefficient (Wildman–Crippen LogP) is 5.02. The summed E-state index contributed by atoms with van der Waals surface area (Å²) in [6.07, 6.45) is 2.61. The van der Waals surface area contributed by atoms with E-state index in [0.29, 0.717) is 28.8 Å². The first-order chi connectivity index (χ1) is 17.5. The van der Waals surface area contributed by atoms with Gasteiger partial charge in [-0.25, -0.2) is 9.59 Å². The third-order valence-electron chi connectivity index (χ3n) is 7.35. The van der Waals surface area contributed by atoms with E-state index < -0.39 is 22.8 Å². The van der Waals surface area contributed by atoms with Crippen molar-refractivity contribution < 1.29 is 28.7 Å². The number of nitrogens with zero attached hydrogens (tertiary/aromatic N) is 1. The Balaban J connectivity index is 2.04. The van der Waals surface area contributed by atoms with Crippen LogP contribution >= 0.6 is 0 Å². The number of benzene rings is 1.